The lowest BCUT2D eigenvalue weighted by molar-refractivity contribution is -0.137. The van der Waals surface area contributed by atoms with Crippen molar-refractivity contribution in [2.45, 2.75) is 32.5 Å². The van der Waals surface area contributed by atoms with Gasteiger partial charge in [-0.05, 0) is 72.3 Å². The van der Waals surface area contributed by atoms with Crippen molar-refractivity contribution in [1.82, 2.24) is 9.97 Å². The normalized spacial score (nSPS) is 12.3. The van der Waals surface area contributed by atoms with E-state index in [1.165, 1.54) is 0 Å². The first-order chi connectivity index (χ1) is 14.2. The summed E-state index contributed by atoms with van der Waals surface area (Å²) in [5.41, 5.74) is 0.147. The van der Waals surface area contributed by atoms with E-state index in [4.69, 9.17) is 4.74 Å². The summed E-state index contributed by atoms with van der Waals surface area (Å²) in [4.78, 5) is 7.89. The van der Waals surface area contributed by atoms with Gasteiger partial charge in [-0.2, -0.15) is 18.2 Å². The highest BCUT2D eigenvalue weighted by atomic mass is 127. The first-order valence-corrected chi connectivity index (χ1v) is 10.3. The lowest BCUT2D eigenvalue weighted by atomic mass is 10.2. The van der Waals surface area contributed by atoms with Gasteiger partial charge in [0.1, 0.15) is 17.1 Å². The molecule has 0 aliphatic rings. The van der Waals surface area contributed by atoms with Gasteiger partial charge in [0.2, 0.25) is 5.95 Å². The monoisotopic (exact) mass is 528 g/mol. The number of ether oxygens (including phenoxy) is 1. The number of hydrogen-bond acceptors (Lipinski definition) is 5. The number of anilines is 4. The summed E-state index contributed by atoms with van der Waals surface area (Å²) >= 11 is 2.17. The number of halogens is 4. The van der Waals surface area contributed by atoms with E-state index in [2.05, 4.69) is 43.2 Å². The Morgan fingerprint density at radius 2 is 1.80 bits per heavy atom. The van der Waals surface area contributed by atoms with Crippen LogP contribution in [0.4, 0.5) is 36.3 Å². The van der Waals surface area contributed by atoms with Crippen LogP contribution in [0.3, 0.4) is 0 Å². The molecule has 0 aliphatic carbocycles. The average Bonchev–Trinajstić information content (AvgIpc) is 2.69. The van der Waals surface area contributed by atoms with E-state index in [0.29, 0.717) is 17.1 Å². The number of aromatic nitrogens is 2. The maximum Gasteiger partial charge on any atom is 0.421 e. The minimum Gasteiger partial charge on any atom is -0.491 e. The Kier molecular flexibility index (Phi) is 7.01. The first kappa shape index (κ1) is 22.1. The van der Waals surface area contributed by atoms with Crippen molar-refractivity contribution >= 4 is 45.7 Å². The molecule has 2 N–H and O–H groups in total. The molecular weight excluding hydrogens is 508 g/mol. The zero-order valence-electron chi connectivity index (χ0n) is 16.3. The molecule has 2 aromatic carbocycles. The SMILES string of the molecule is CCC(C)Oc1cccc(Nc2nc(Nc3ccc(I)cc3)ncc2C(F)(F)F)c1. The molecule has 1 aromatic heterocycles. The number of alkyl halides is 3. The van der Waals surface area contributed by atoms with Gasteiger partial charge in [-0.15, -0.1) is 0 Å². The Morgan fingerprint density at radius 1 is 1.07 bits per heavy atom. The predicted octanol–water partition coefficient (Wildman–Crippen LogP) is 6.76. The standard InChI is InChI=1S/C21H20F3IN4O/c1-3-13(2)30-17-6-4-5-16(11-17)27-19-18(21(22,23)24)12-26-20(29-19)28-15-9-7-14(25)8-10-15/h4-13H,3H2,1-2H3,(H2,26,27,28,29). The van der Waals surface area contributed by atoms with E-state index in [0.717, 1.165) is 16.2 Å². The molecule has 0 saturated carbocycles. The summed E-state index contributed by atoms with van der Waals surface area (Å²) in [6.45, 7) is 3.92. The number of hydrogen-bond donors (Lipinski definition) is 2. The van der Waals surface area contributed by atoms with Crippen LogP contribution in [0.2, 0.25) is 0 Å². The molecule has 0 bridgehead atoms. The van der Waals surface area contributed by atoms with Crippen LogP contribution in [-0.2, 0) is 6.18 Å². The van der Waals surface area contributed by atoms with Crippen LogP contribution in [0.25, 0.3) is 0 Å². The molecule has 0 amide bonds. The van der Waals surface area contributed by atoms with Crippen LogP contribution in [0.15, 0.2) is 54.7 Å². The average molecular weight is 528 g/mol. The van der Waals surface area contributed by atoms with E-state index >= 15 is 0 Å². The van der Waals surface area contributed by atoms with Gasteiger partial charge in [-0.1, -0.05) is 13.0 Å². The fraction of sp³-hybridized carbons (Fsp3) is 0.238. The lowest BCUT2D eigenvalue weighted by Gasteiger charge is -2.16. The van der Waals surface area contributed by atoms with E-state index < -0.39 is 11.7 Å². The van der Waals surface area contributed by atoms with Crippen LogP contribution in [0.1, 0.15) is 25.8 Å². The zero-order chi connectivity index (χ0) is 21.7. The van der Waals surface area contributed by atoms with Crippen molar-refractivity contribution < 1.29 is 17.9 Å². The van der Waals surface area contributed by atoms with Gasteiger partial charge in [0.25, 0.3) is 0 Å². The second-order valence-corrected chi connectivity index (χ2v) is 7.82. The Labute approximate surface area is 186 Å². The van der Waals surface area contributed by atoms with Gasteiger partial charge < -0.3 is 15.4 Å². The molecule has 30 heavy (non-hydrogen) atoms. The van der Waals surface area contributed by atoms with E-state index in [-0.39, 0.29) is 17.9 Å². The molecular formula is C21H20F3IN4O. The molecule has 3 rings (SSSR count). The molecule has 9 heteroatoms. The number of nitrogens with zero attached hydrogens (tertiary/aromatic N) is 2. The fourth-order valence-electron chi connectivity index (χ4n) is 2.51. The number of benzene rings is 2. The second kappa shape index (κ2) is 9.50. The molecule has 1 heterocycles. The summed E-state index contributed by atoms with van der Waals surface area (Å²) in [7, 11) is 0. The summed E-state index contributed by atoms with van der Waals surface area (Å²) in [6.07, 6.45) is -3.02. The largest absolute Gasteiger partial charge is 0.491 e. The van der Waals surface area contributed by atoms with Crippen LogP contribution in [0.5, 0.6) is 5.75 Å². The highest BCUT2D eigenvalue weighted by Crippen LogP contribution is 2.35. The van der Waals surface area contributed by atoms with Gasteiger partial charge >= 0.3 is 6.18 Å². The third-order valence-electron chi connectivity index (χ3n) is 4.20. The smallest absolute Gasteiger partial charge is 0.421 e. The number of nitrogens with one attached hydrogen (secondary N) is 2. The van der Waals surface area contributed by atoms with E-state index in [1.54, 1.807) is 36.4 Å². The maximum absolute atomic E-state index is 13.5. The van der Waals surface area contributed by atoms with E-state index in [1.807, 2.05) is 26.0 Å². The summed E-state index contributed by atoms with van der Waals surface area (Å²) in [5, 5.41) is 5.68. The number of rotatable bonds is 7. The summed E-state index contributed by atoms with van der Waals surface area (Å²) < 4.78 is 47.2. The first-order valence-electron chi connectivity index (χ1n) is 9.25. The molecule has 0 spiro atoms. The molecule has 1 atom stereocenters. The van der Waals surface area contributed by atoms with Crippen molar-refractivity contribution in [3.8, 4) is 5.75 Å². The quantitative estimate of drug-likeness (QED) is 0.332. The van der Waals surface area contributed by atoms with Crippen molar-refractivity contribution in [3.05, 3.63) is 63.9 Å². The minimum absolute atomic E-state index is 0.00484. The van der Waals surface area contributed by atoms with Gasteiger partial charge in [0.05, 0.1) is 6.10 Å². The van der Waals surface area contributed by atoms with Gasteiger partial charge in [0.15, 0.2) is 0 Å². The molecule has 0 radical (unpaired) electrons. The highest BCUT2D eigenvalue weighted by Gasteiger charge is 2.35. The summed E-state index contributed by atoms with van der Waals surface area (Å²) in [6, 6.07) is 14.1. The zero-order valence-corrected chi connectivity index (χ0v) is 18.5. The van der Waals surface area contributed by atoms with Crippen molar-refractivity contribution in [2.75, 3.05) is 10.6 Å². The molecule has 0 fully saturated rings. The van der Waals surface area contributed by atoms with Crippen LogP contribution >= 0.6 is 22.6 Å². The van der Waals surface area contributed by atoms with Gasteiger partial charge in [-0.25, -0.2) is 4.98 Å². The third kappa shape index (κ3) is 5.97. The Morgan fingerprint density at radius 3 is 2.47 bits per heavy atom. The third-order valence-corrected chi connectivity index (χ3v) is 4.92. The fourth-order valence-corrected chi connectivity index (χ4v) is 2.87. The summed E-state index contributed by atoms with van der Waals surface area (Å²) in [5.74, 6) is 0.277. The Balaban J connectivity index is 1.89. The van der Waals surface area contributed by atoms with Crippen molar-refractivity contribution in [3.63, 3.8) is 0 Å². The Hall–Kier alpha value is -2.56. The van der Waals surface area contributed by atoms with Crippen LogP contribution < -0.4 is 15.4 Å². The second-order valence-electron chi connectivity index (χ2n) is 6.58. The van der Waals surface area contributed by atoms with Crippen LogP contribution in [0, 0.1) is 3.57 Å². The molecule has 1 unspecified atom stereocenters. The van der Waals surface area contributed by atoms with Crippen LogP contribution in [-0.4, -0.2) is 16.1 Å². The maximum atomic E-state index is 13.5. The predicted molar refractivity (Wildman–Crippen MR) is 120 cm³/mol. The Bertz CT molecular complexity index is 996. The van der Waals surface area contributed by atoms with Gasteiger partial charge in [0, 0.05) is 27.2 Å². The molecule has 158 valence electrons. The van der Waals surface area contributed by atoms with Crippen molar-refractivity contribution in [1.29, 1.82) is 0 Å². The topological polar surface area (TPSA) is 59.1 Å². The van der Waals surface area contributed by atoms with E-state index in [9.17, 15) is 13.2 Å². The molecule has 0 aliphatic heterocycles. The molecule has 3 aromatic rings. The minimum atomic E-state index is -4.60. The lowest BCUT2D eigenvalue weighted by Crippen LogP contribution is -2.13. The van der Waals surface area contributed by atoms with Crippen molar-refractivity contribution in [2.24, 2.45) is 0 Å². The van der Waals surface area contributed by atoms with Gasteiger partial charge in [-0.3, -0.25) is 0 Å². The molecule has 0 saturated heterocycles. The molecule has 5 nitrogen and oxygen atoms in total. The highest BCUT2D eigenvalue weighted by molar-refractivity contribution is 14.1.